The number of ketones is 1. The second kappa shape index (κ2) is 6.80. The third-order valence-corrected chi connectivity index (χ3v) is 2.42. The minimum absolute atomic E-state index is 0. The van der Waals surface area contributed by atoms with Gasteiger partial charge in [0.15, 0.2) is 0 Å². The predicted molar refractivity (Wildman–Crippen MR) is 59.1 cm³/mol. The average Bonchev–Trinajstić information content (AvgIpc) is 2.29. The Bertz CT molecular complexity index is 233. The van der Waals surface area contributed by atoms with E-state index in [2.05, 4.69) is 0 Å². The Kier molecular flexibility index (Phi) is 6.52. The lowest BCUT2D eigenvalue weighted by molar-refractivity contribution is -0.151. The van der Waals surface area contributed by atoms with Crippen LogP contribution in [-0.4, -0.2) is 43.4 Å². The van der Waals surface area contributed by atoms with Gasteiger partial charge in [-0.3, -0.25) is 9.59 Å². The van der Waals surface area contributed by atoms with Gasteiger partial charge in [0, 0.05) is 13.0 Å². The maximum atomic E-state index is 11.5. The van der Waals surface area contributed by atoms with Crippen molar-refractivity contribution in [1.29, 1.82) is 0 Å². The van der Waals surface area contributed by atoms with Gasteiger partial charge in [-0.25, -0.2) is 0 Å². The van der Waals surface area contributed by atoms with Gasteiger partial charge < -0.3 is 9.64 Å². The molecule has 0 aromatic rings. The SMILES string of the molecule is CCOC(=O)C1CN(C)CCCC1=O.Cl. The quantitative estimate of drug-likeness (QED) is 0.527. The number of hydrogen-bond acceptors (Lipinski definition) is 4. The molecule has 15 heavy (non-hydrogen) atoms. The molecule has 0 spiro atoms. The molecule has 1 fully saturated rings. The Labute approximate surface area is 96.4 Å². The summed E-state index contributed by atoms with van der Waals surface area (Å²) in [6.45, 7) is 3.47. The number of nitrogens with zero attached hydrogens (tertiary/aromatic N) is 1. The van der Waals surface area contributed by atoms with E-state index in [0.29, 0.717) is 19.6 Å². The van der Waals surface area contributed by atoms with Crippen LogP contribution in [-0.2, 0) is 14.3 Å². The molecule has 0 N–H and O–H groups in total. The van der Waals surface area contributed by atoms with Gasteiger partial charge in [0.05, 0.1) is 6.61 Å². The maximum Gasteiger partial charge on any atom is 0.317 e. The summed E-state index contributed by atoms with van der Waals surface area (Å²) in [6.07, 6.45) is 1.33. The lowest BCUT2D eigenvalue weighted by Gasteiger charge is -2.17. The first-order chi connectivity index (χ1) is 6.65. The molecule has 1 rings (SSSR count). The summed E-state index contributed by atoms with van der Waals surface area (Å²) in [7, 11) is 1.92. The monoisotopic (exact) mass is 235 g/mol. The molecule has 0 amide bonds. The molecule has 0 aliphatic carbocycles. The molecule has 0 aromatic heterocycles. The fraction of sp³-hybridized carbons (Fsp3) is 0.800. The zero-order valence-electron chi connectivity index (χ0n) is 9.19. The van der Waals surface area contributed by atoms with Gasteiger partial charge in [-0.2, -0.15) is 0 Å². The van der Waals surface area contributed by atoms with Crippen LogP contribution >= 0.6 is 12.4 Å². The van der Waals surface area contributed by atoms with E-state index in [1.165, 1.54) is 0 Å². The van der Waals surface area contributed by atoms with Crippen LogP contribution in [0.5, 0.6) is 0 Å². The van der Waals surface area contributed by atoms with Crippen molar-refractivity contribution in [2.24, 2.45) is 5.92 Å². The van der Waals surface area contributed by atoms with Crippen LogP contribution in [0.2, 0.25) is 0 Å². The van der Waals surface area contributed by atoms with Gasteiger partial charge in [-0.15, -0.1) is 12.4 Å². The fourth-order valence-electron chi connectivity index (χ4n) is 1.65. The molecule has 88 valence electrons. The summed E-state index contributed by atoms with van der Waals surface area (Å²) in [6, 6.07) is 0. The molecule has 1 aliphatic rings. The molecule has 0 bridgehead atoms. The molecule has 1 atom stereocenters. The number of Topliss-reactive ketones (excluding diaryl/α,β-unsaturated/α-hetero) is 1. The van der Waals surface area contributed by atoms with Crippen molar-refractivity contribution in [3.05, 3.63) is 0 Å². The number of carbonyl (C=O) groups is 2. The summed E-state index contributed by atoms with van der Waals surface area (Å²) in [5.74, 6) is -0.915. The third-order valence-electron chi connectivity index (χ3n) is 2.42. The van der Waals surface area contributed by atoms with Crippen molar-refractivity contribution in [2.45, 2.75) is 19.8 Å². The highest BCUT2D eigenvalue weighted by Crippen LogP contribution is 2.13. The molecule has 1 heterocycles. The van der Waals surface area contributed by atoms with Gasteiger partial charge in [0.25, 0.3) is 0 Å². The number of hydrogen-bond donors (Lipinski definition) is 0. The highest BCUT2D eigenvalue weighted by molar-refractivity contribution is 5.99. The second-order valence-electron chi connectivity index (χ2n) is 3.64. The van der Waals surface area contributed by atoms with E-state index in [9.17, 15) is 9.59 Å². The number of carbonyl (C=O) groups excluding carboxylic acids is 2. The standard InChI is InChI=1S/C10H17NO3.ClH/c1-3-14-10(13)8-7-11(2)6-4-5-9(8)12;/h8H,3-7H2,1-2H3;1H. The van der Waals surface area contributed by atoms with E-state index >= 15 is 0 Å². The van der Waals surface area contributed by atoms with E-state index in [4.69, 9.17) is 4.74 Å². The summed E-state index contributed by atoms with van der Waals surface area (Å²) >= 11 is 0. The zero-order chi connectivity index (χ0) is 10.6. The van der Waals surface area contributed by atoms with Crippen molar-refractivity contribution in [1.82, 2.24) is 4.90 Å². The minimum Gasteiger partial charge on any atom is -0.465 e. The predicted octanol–water partition coefficient (Wildman–Crippen LogP) is 0.882. The Morgan fingerprint density at radius 1 is 1.60 bits per heavy atom. The van der Waals surface area contributed by atoms with Gasteiger partial charge in [-0.05, 0) is 26.9 Å². The Balaban J connectivity index is 0.00000196. The molecule has 0 aromatic carbocycles. The van der Waals surface area contributed by atoms with E-state index < -0.39 is 5.92 Å². The lowest BCUT2D eigenvalue weighted by atomic mass is 10.0. The van der Waals surface area contributed by atoms with Gasteiger partial charge >= 0.3 is 5.97 Å². The van der Waals surface area contributed by atoms with Crippen molar-refractivity contribution < 1.29 is 14.3 Å². The lowest BCUT2D eigenvalue weighted by Crippen LogP contribution is -2.34. The summed E-state index contributed by atoms with van der Waals surface area (Å²) < 4.78 is 4.87. The number of rotatable bonds is 2. The van der Waals surface area contributed by atoms with Gasteiger partial charge in [0.2, 0.25) is 0 Å². The summed E-state index contributed by atoms with van der Waals surface area (Å²) in [5, 5.41) is 0. The first kappa shape index (κ1) is 14.4. The third kappa shape index (κ3) is 4.18. The first-order valence-corrected chi connectivity index (χ1v) is 5.03. The molecule has 0 radical (unpaired) electrons. The van der Waals surface area contributed by atoms with Gasteiger partial charge in [0.1, 0.15) is 11.7 Å². The van der Waals surface area contributed by atoms with Crippen LogP contribution in [0.15, 0.2) is 0 Å². The van der Waals surface area contributed by atoms with Crippen LogP contribution in [0.3, 0.4) is 0 Å². The first-order valence-electron chi connectivity index (χ1n) is 5.03. The normalized spacial score (nSPS) is 22.8. The number of halogens is 1. The topological polar surface area (TPSA) is 46.6 Å². The van der Waals surface area contributed by atoms with Crippen molar-refractivity contribution in [3.8, 4) is 0 Å². The Morgan fingerprint density at radius 3 is 2.87 bits per heavy atom. The molecular formula is C10H18ClNO3. The van der Waals surface area contributed by atoms with Gasteiger partial charge in [-0.1, -0.05) is 0 Å². The Hall–Kier alpha value is -0.610. The largest absolute Gasteiger partial charge is 0.465 e. The van der Waals surface area contributed by atoms with Crippen molar-refractivity contribution in [2.75, 3.05) is 26.7 Å². The molecule has 0 saturated carbocycles. The van der Waals surface area contributed by atoms with Crippen molar-refractivity contribution >= 4 is 24.2 Å². The molecular weight excluding hydrogens is 218 g/mol. The highest BCUT2D eigenvalue weighted by Gasteiger charge is 2.30. The molecule has 4 nitrogen and oxygen atoms in total. The van der Waals surface area contributed by atoms with Crippen molar-refractivity contribution in [3.63, 3.8) is 0 Å². The van der Waals surface area contributed by atoms with Crippen LogP contribution in [0.25, 0.3) is 0 Å². The van der Waals surface area contributed by atoms with E-state index in [0.717, 1.165) is 13.0 Å². The van der Waals surface area contributed by atoms with Crippen LogP contribution in [0, 0.1) is 5.92 Å². The van der Waals surface area contributed by atoms with Crippen LogP contribution in [0.1, 0.15) is 19.8 Å². The molecule has 1 saturated heterocycles. The summed E-state index contributed by atoms with van der Waals surface area (Å²) in [5.41, 5.74) is 0. The smallest absolute Gasteiger partial charge is 0.317 e. The number of likely N-dealkylation sites (tertiary alicyclic amines) is 1. The molecule has 1 aliphatic heterocycles. The van der Waals surface area contributed by atoms with Crippen LogP contribution in [0.4, 0.5) is 0 Å². The fourth-order valence-corrected chi connectivity index (χ4v) is 1.65. The zero-order valence-corrected chi connectivity index (χ0v) is 10.0. The summed E-state index contributed by atoms with van der Waals surface area (Å²) in [4.78, 5) is 25.0. The molecule has 5 heteroatoms. The maximum absolute atomic E-state index is 11.5. The Morgan fingerprint density at radius 2 is 2.27 bits per heavy atom. The minimum atomic E-state index is -0.567. The van der Waals surface area contributed by atoms with E-state index in [1.54, 1.807) is 6.92 Å². The van der Waals surface area contributed by atoms with Crippen LogP contribution < -0.4 is 0 Å². The highest BCUT2D eigenvalue weighted by atomic mass is 35.5. The second-order valence-corrected chi connectivity index (χ2v) is 3.64. The number of esters is 1. The average molecular weight is 236 g/mol. The number of ether oxygens (including phenoxy) is 1. The molecule has 1 unspecified atom stereocenters. The van der Waals surface area contributed by atoms with E-state index in [1.807, 2.05) is 11.9 Å². The van der Waals surface area contributed by atoms with E-state index in [-0.39, 0.29) is 24.2 Å².